The standard InChI is InChI=1S/C15H16ClNO4/c1-3-21-15(20)9-14(19)13(17-10(2)18)8-11-4-6-12(16)7-5-11/h4-8H,3,9H2,1-2H3,(H,17,18)/b13-8+. The molecule has 0 unspecified atom stereocenters. The molecular formula is C15H16ClNO4. The van der Waals surface area contributed by atoms with E-state index in [0.29, 0.717) is 10.6 Å². The molecule has 1 rings (SSSR count). The first-order valence-electron chi connectivity index (χ1n) is 6.36. The zero-order valence-corrected chi connectivity index (χ0v) is 12.6. The van der Waals surface area contributed by atoms with Crippen molar-refractivity contribution in [2.24, 2.45) is 0 Å². The Morgan fingerprint density at radius 1 is 1.24 bits per heavy atom. The molecule has 0 aliphatic heterocycles. The summed E-state index contributed by atoms with van der Waals surface area (Å²) in [6, 6.07) is 6.72. The molecule has 1 aromatic carbocycles. The Balaban J connectivity index is 2.93. The lowest BCUT2D eigenvalue weighted by Gasteiger charge is -2.07. The third-order valence-electron chi connectivity index (χ3n) is 2.40. The molecule has 0 spiro atoms. The molecule has 1 aromatic rings. The number of rotatable bonds is 6. The zero-order chi connectivity index (χ0) is 15.8. The smallest absolute Gasteiger partial charge is 0.313 e. The van der Waals surface area contributed by atoms with Crippen LogP contribution in [0, 0.1) is 0 Å². The average Bonchev–Trinajstić information content (AvgIpc) is 2.40. The molecule has 0 bridgehead atoms. The van der Waals surface area contributed by atoms with Gasteiger partial charge in [0.25, 0.3) is 0 Å². The highest BCUT2D eigenvalue weighted by Gasteiger charge is 2.16. The summed E-state index contributed by atoms with van der Waals surface area (Å²) in [5.41, 5.74) is 0.721. The van der Waals surface area contributed by atoms with Gasteiger partial charge in [-0.15, -0.1) is 0 Å². The first-order chi connectivity index (χ1) is 9.92. The van der Waals surface area contributed by atoms with Gasteiger partial charge in [0.2, 0.25) is 5.91 Å². The molecule has 0 saturated heterocycles. The SMILES string of the molecule is CCOC(=O)CC(=O)/C(=C\c1ccc(Cl)cc1)NC(C)=O. The van der Waals surface area contributed by atoms with Gasteiger partial charge in [-0.25, -0.2) is 0 Å². The summed E-state index contributed by atoms with van der Waals surface area (Å²) < 4.78 is 4.72. The van der Waals surface area contributed by atoms with Crippen LogP contribution in [0.15, 0.2) is 30.0 Å². The maximum Gasteiger partial charge on any atom is 0.313 e. The van der Waals surface area contributed by atoms with Gasteiger partial charge in [-0.3, -0.25) is 14.4 Å². The van der Waals surface area contributed by atoms with E-state index in [1.807, 2.05) is 0 Å². The topological polar surface area (TPSA) is 72.5 Å². The fourth-order valence-corrected chi connectivity index (χ4v) is 1.67. The molecule has 0 aliphatic rings. The quantitative estimate of drug-likeness (QED) is 0.497. The van der Waals surface area contributed by atoms with Crippen LogP contribution in [-0.2, 0) is 19.1 Å². The number of hydrogen-bond acceptors (Lipinski definition) is 4. The molecule has 0 aliphatic carbocycles. The second kappa shape index (κ2) is 8.21. The number of hydrogen-bond donors (Lipinski definition) is 1. The van der Waals surface area contributed by atoms with Crippen molar-refractivity contribution < 1.29 is 19.1 Å². The highest BCUT2D eigenvalue weighted by Crippen LogP contribution is 2.13. The van der Waals surface area contributed by atoms with Gasteiger partial charge in [0, 0.05) is 11.9 Å². The Morgan fingerprint density at radius 3 is 2.38 bits per heavy atom. The van der Waals surface area contributed by atoms with E-state index in [-0.39, 0.29) is 12.3 Å². The fourth-order valence-electron chi connectivity index (χ4n) is 1.54. The summed E-state index contributed by atoms with van der Waals surface area (Å²) in [5, 5.41) is 2.98. The third-order valence-corrected chi connectivity index (χ3v) is 2.65. The number of allylic oxidation sites excluding steroid dienone is 1. The predicted octanol–water partition coefficient (Wildman–Crippen LogP) is 2.34. The fraction of sp³-hybridized carbons (Fsp3) is 0.267. The van der Waals surface area contributed by atoms with Gasteiger partial charge >= 0.3 is 5.97 Å². The van der Waals surface area contributed by atoms with Crippen molar-refractivity contribution in [1.29, 1.82) is 0 Å². The first-order valence-corrected chi connectivity index (χ1v) is 6.74. The Morgan fingerprint density at radius 2 is 1.86 bits per heavy atom. The van der Waals surface area contributed by atoms with Crippen LogP contribution >= 0.6 is 11.6 Å². The minimum atomic E-state index is -0.630. The molecule has 0 saturated carbocycles. The number of amides is 1. The van der Waals surface area contributed by atoms with Crippen LogP contribution in [0.1, 0.15) is 25.8 Å². The van der Waals surface area contributed by atoms with Crippen LogP contribution < -0.4 is 5.32 Å². The molecule has 0 radical (unpaired) electrons. The largest absolute Gasteiger partial charge is 0.466 e. The van der Waals surface area contributed by atoms with Gasteiger partial charge in [0.05, 0.1) is 12.3 Å². The lowest BCUT2D eigenvalue weighted by Crippen LogP contribution is -2.26. The van der Waals surface area contributed by atoms with Crippen molar-refractivity contribution in [1.82, 2.24) is 5.32 Å². The Hall–Kier alpha value is -2.14. The number of benzene rings is 1. The van der Waals surface area contributed by atoms with Crippen molar-refractivity contribution in [3.63, 3.8) is 0 Å². The van der Waals surface area contributed by atoms with E-state index < -0.39 is 24.1 Å². The van der Waals surface area contributed by atoms with E-state index in [0.717, 1.165) is 0 Å². The number of ether oxygens (including phenoxy) is 1. The zero-order valence-electron chi connectivity index (χ0n) is 11.8. The lowest BCUT2D eigenvalue weighted by atomic mass is 10.1. The molecule has 0 aromatic heterocycles. The molecule has 6 heteroatoms. The molecule has 0 atom stereocenters. The van der Waals surface area contributed by atoms with Crippen LogP contribution in [0.3, 0.4) is 0 Å². The minimum absolute atomic E-state index is 0.0397. The number of nitrogens with one attached hydrogen (secondary N) is 1. The summed E-state index contributed by atoms with van der Waals surface area (Å²) in [4.78, 5) is 34.5. The predicted molar refractivity (Wildman–Crippen MR) is 79.5 cm³/mol. The number of carbonyl (C=O) groups excluding carboxylic acids is 3. The molecule has 112 valence electrons. The third kappa shape index (κ3) is 6.23. The van der Waals surface area contributed by atoms with Gasteiger partial charge in [-0.05, 0) is 30.7 Å². The van der Waals surface area contributed by atoms with Crippen LogP contribution in [0.5, 0.6) is 0 Å². The van der Waals surface area contributed by atoms with Crippen molar-refractivity contribution in [3.8, 4) is 0 Å². The van der Waals surface area contributed by atoms with Gasteiger partial charge in [0.15, 0.2) is 5.78 Å². The van der Waals surface area contributed by atoms with Crippen LogP contribution in [0.4, 0.5) is 0 Å². The Labute approximate surface area is 127 Å². The van der Waals surface area contributed by atoms with Crippen LogP contribution in [-0.4, -0.2) is 24.3 Å². The summed E-state index contributed by atoms with van der Waals surface area (Å²) >= 11 is 5.78. The highest BCUT2D eigenvalue weighted by molar-refractivity contribution is 6.30. The van der Waals surface area contributed by atoms with E-state index in [2.05, 4.69) is 5.32 Å². The summed E-state index contributed by atoms with van der Waals surface area (Å²) in [6.45, 7) is 3.14. The number of carbonyl (C=O) groups is 3. The van der Waals surface area contributed by atoms with E-state index >= 15 is 0 Å². The van der Waals surface area contributed by atoms with Gasteiger partial charge in [0.1, 0.15) is 6.42 Å². The maximum atomic E-state index is 12.0. The molecule has 21 heavy (non-hydrogen) atoms. The van der Waals surface area contributed by atoms with Gasteiger partial charge in [-0.1, -0.05) is 23.7 Å². The van der Waals surface area contributed by atoms with E-state index in [1.54, 1.807) is 31.2 Å². The van der Waals surface area contributed by atoms with E-state index in [4.69, 9.17) is 16.3 Å². The van der Waals surface area contributed by atoms with Crippen molar-refractivity contribution in [2.45, 2.75) is 20.3 Å². The summed E-state index contributed by atoms with van der Waals surface area (Å²) in [5.74, 6) is -1.54. The molecule has 0 fully saturated rings. The minimum Gasteiger partial charge on any atom is -0.466 e. The van der Waals surface area contributed by atoms with Crippen molar-refractivity contribution in [3.05, 3.63) is 40.5 Å². The summed E-state index contributed by atoms with van der Waals surface area (Å²) in [7, 11) is 0. The Kier molecular flexibility index (Phi) is 6.62. The number of Topliss-reactive ketones (excluding diaryl/α,β-unsaturated/α-hetero) is 1. The summed E-state index contributed by atoms with van der Waals surface area (Å²) in [6.07, 6.45) is 1.06. The highest BCUT2D eigenvalue weighted by atomic mass is 35.5. The second-order valence-electron chi connectivity index (χ2n) is 4.20. The van der Waals surface area contributed by atoms with Crippen LogP contribution in [0.25, 0.3) is 6.08 Å². The molecule has 1 N–H and O–H groups in total. The first kappa shape index (κ1) is 16.9. The van der Waals surface area contributed by atoms with Crippen molar-refractivity contribution >= 4 is 35.3 Å². The number of esters is 1. The normalized spacial score (nSPS) is 10.9. The molecular weight excluding hydrogens is 294 g/mol. The number of halogens is 1. The van der Waals surface area contributed by atoms with Gasteiger partial charge < -0.3 is 10.1 Å². The van der Waals surface area contributed by atoms with Crippen LogP contribution in [0.2, 0.25) is 5.02 Å². The Bertz CT molecular complexity index is 564. The second-order valence-corrected chi connectivity index (χ2v) is 4.63. The van der Waals surface area contributed by atoms with E-state index in [1.165, 1.54) is 13.0 Å². The van der Waals surface area contributed by atoms with E-state index in [9.17, 15) is 14.4 Å². The average molecular weight is 310 g/mol. The molecule has 1 amide bonds. The van der Waals surface area contributed by atoms with Crippen molar-refractivity contribution in [2.75, 3.05) is 6.61 Å². The van der Waals surface area contributed by atoms with Gasteiger partial charge in [-0.2, -0.15) is 0 Å². The molecule has 0 heterocycles. The monoisotopic (exact) mass is 309 g/mol. The molecule has 5 nitrogen and oxygen atoms in total. The number of ketones is 1. The maximum absolute atomic E-state index is 12.0. The lowest BCUT2D eigenvalue weighted by molar-refractivity contribution is -0.145.